The number of amides is 3. The summed E-state index contributed by atoms with van der Waals surface area (Å²) in [6, 6.07) is 12.0. The van der Waals surface area contributed by atoms with E-state index < -0.39 is 23.8 Å². The zero-order valence-corrected chi connectivity index (χ0v) is 20.5. The number of nitrogens with zero attached hydrogens (tertiary/aromatic N) is 2. The van der Waals surface area contributed by atoms with E-state index in [1.807, 2.05) is 0 Å². The number of nitrogens with two attached hydrogens (primary N) is 2. The van der Waals surface area contributed by atoms with E-state index in [0.29, 0.717) is 11.3 Å². The first-order valence-corrected chi connectivity index (χ1v) is 12.2. The van der Waals surface area contributed by atoms with Crippen molar-refractivity contribution in [3.8, 4) is 11.5 Å². The van der Waals surface area contributed by atoms with Gasteiger partial charge in [-0.25, -0.2) is 0 Å². The minimum absolute atomic E-state index is 0.0123. The predicted octanol–water partition coefficient (Wildman–Crippen LogP) is 2.99. The number of aromatic hydroxyl groups is 1. The maximum absolute atomic E-state index is 14.0. The molecule has 4 rings (SSSR count). The van der Waals surface area contributed by atoms with E-state index in [1.165, 1.54) is 24.1 Å². The van der Waals surface area contributed by atoms with Gasteiger partial charge in [-0.15, -0.1) is 0 Å². The summed E-state index contributed by atoms with van der Waals surface area (Å²) in [4.78, 5) is 40.8. The van der Waals surface area contributed by atoms with Crippen LogP contribution in [0.3, 0.4) is 0 Å². The Morgan fingerprint density at radius 1 is 1.17 bits per heavy atom. The lowest BCUT2D eigenvalue weighted by Crippen LogP contribution is -2.46. The average molecular weight is 510 g/mol. The number of ether oxygens (including phenoxy) is 1. The van der Waals surface area contributed by atoms with Crippen LogP contribution in [-0.4, -0.2) is 40.4 Å². The number of para-hydroxylation sites is 1. The van der Waals surface area contributed by atoms with Gasteiger partial charge in [0.2, 0.25) is 5.91 Å². The summed E-state index contributed by atoms with van der Waals surface area (Å²) in [5.74, 6) is -1.83. The molecule has 0 spiro atoms. The summed E-state index contributed by atoms with van der Waals surface area (Å²) < 4.78 is 9.22. The second kappa shape index (κ2) is 10.6. The van der Waals surface area contributed by atoms with Crippen LogP contribution in [0.5, 0.6) is 11.5 Å². The van der Waals surface area contributed by atoms with Crippen molar-refractivity contribution >= 4 is 40.6 Å². The van der Waals surface area contributed by atoms with E-state index in [9.17, 15) is 19.5 Å². The minimum Gasteiger partial charge on any atom is -0.504 e. The number of hydrogen-bond donors (Lipinski definition) is 4. The zero-order chi connectivity index (χ0) is 25.8. The zero-order valence-electron chi connectivity index (χ0n) is 19.6. The molecule has 10 nitrogen and oxygen atoms in total. The van der Waals surface area contributed by atoms with Crippen molar-refractivity contribution in [2.75, 3.05) is 17.7 Å². The number of phenols is 1. The normalized spacial score (nSPS) is 14.2. The second-order valence-corrected chi connectivity index (χ2v) is 9.25. The van der Waals surface area contributed by atoms with Crippen LogP contribution in [0.15, 0.2) is 48.5 Å². The van der Waals surface area contributed by atoms with Crippen LogP contribution in [0.2, 0.25) is 0 Å². The number of phenolic OH excluding ortho intramolecular Hbond substituents is 1. The van der Waals surface area contributed by atoms with E-state index in [-0.39, 0.29) is 33.8 Å². The van der Waals surface area contributed by atoms with E-state index >= 15 is 0 Å². The highest BCUT2D eigenvalue weighted by molar-refractivity contribution is 7.09. The smallest absolute Gasteiger partial charge is 0.273 e. The molecule has 11 heteroatoms. The van der Waals surface area contributed by atoms with Gasteiger partial charge in [0.15, 0.2) is 17.2 Å². The molecular weight excluding hydrogens is 482 g/mol. The molecule has 1 unspecified atom stereocenters. The first-order chi connectivity index (χ1) is 17.3. The van der Waals surface area contributed by atoms with Gasteiger partial charge in [0.25, 0.3) is 11.8 Å². The average Bonchev–Trinajstić information content (AvgIpc) is 3.52. The van der Waals surface area contributed by atoms with Gasteiger partial charge in [-0.2, -0.15) is 4.37 Å². The number of carbonyl (C=O) groups excluding carboxylic acids is 3. The highest BCUT2D eigenvalue weighted by atomic mass is 32.1. The van der Waals surface area contributed by atoms with Gasteiger partial charge in [0.05, 0.1) is 12.8 Å². The number of carbonyl (C=O) groups is 3. The van der Waals surface area contributed by atoms with Crippen LogP contribution < -0.4 is 26.4 Å². The monoisotopic (exact) mass is 509 g/mol. The number of primary amides is 1. The Morgan fingerprint density at radius 2 is 1.86 bits per heavy atom. The SMILES string of the molecule is COc1cc(C(C(=O)NC2CCCC2)N(C(=O)c2snc(C(N)=O)c2N)c2ccccc2)ccc1O. The third-order valence-corrected chi connectivity index (χ3v) is 6.99. The molecule has 3 aromatic rings. The molecule has 1 aliphatic carbocycles. The van der Waals surface area contributed by atoms with Gasteiger partial charge in [0.1, 0.15) is 10.9 Å². The van der Waals surface area contributed by atoms with Crippen LogP contribution in [0.1, 0.15) is 57.4 Å². The van der Waals surface area contributed by atoms with Crippen LogP contribution in [0.4, 0.5) is 11.4 Å². The summed E-state index contributed by atoms with van der Waals surface area (Å²) in [7, 11) is 1.40. The minimum atomic E-state index is -1.14. The first-order valence-electron chi connectivity index (χ1n) is 11.4. The van der Waals surface area contributed by atoms with Crippen LogP contribution >= 0.6 is 11.5 Å². The van der Waals surface area contributed by atoms with Gasteiger partial charge in [-0.1, -0.05) is 37.1 Å². The summed E-state index contributed by atoms with van der Waals surface area (Å²) in [5.41, 5.74) is 11.9. The maximum Gasteiger partial charge on any atom is 0.273 e. The number of nitrogens with one attached hydrogen (secondary N) is 1. The van der Waals surface area contributed by atoms with E-state index in [1.54, 1.807) is 36.4 Å². The molecule has 1 fully saturated rings. The van der Waals surface area contributed by atoms with Crippen LogP contribution in [0, 0.1) is 0 Å². The standard InChI is InChI=1S/C25H27N5O5S/c1-35-18-13-14(11-12-17(18)31)21(24(33)28-15-7-5-6-8-15)30(16-9-3-2-4-10-16)25(34)22-19(26)20(23(27)32)29-36-22/h2-4,9-13,15,21,31H,5-8,26H2,1H3,(H2,27,32)(H,28,33). The molecule has 0 saturated heterocycles. The second-order valence-electron chi connectivity index (χ2n) is 8.47. The van der Waals surface area contributed by atoms with E-state index in [4.69, 9.17) is 16.2 Å². The van der Waals surface area contributed by atoms with Crippen molar-refractivity contribution in [2.24, 2.45) is 5.73 Å². The van der Waals surface area contributed by atoms with Crippen molar-refractivity contribution < 1.29 is 24.2 Å². The summed E-state index contributed by atoms with van der Waals surface area (Å²) >= 11 is 0.739. The lowest BCUT2D eigenvalue weighted by molar-refractivity contribution is -0.123. The van der Waals surface area contributed by atoms with Gasteiger partial charge in [-0.3, -0.25) is 19.3 Å². The van der Waals surface area contributed by atoms with Gasteiger partial charge < -0.3 is 26.6 Å². The van der Waals surface area contributed by atoms with E-state index in [2.05, 4.69) is 9.69 Å². The van der Waals surface area contributed by atoms with E-state index in [0.717, 1.165) is 37.2 Å². The molecule has 2 aromatic carbocycles. The summed E-state index contributed by atoms with van der Waals surface area (Å²) in [5, 5.41) is 13.2. The number of hydrogen-bond acceptors (Lipinski definition) is 8. The molecule has 0 aliphatic heterocycles. The van der Waals surface area contributed by atoms with Crippen molar-refractivity contribution in [1.29, 1.82) is 0 Å². The number of benzene rings is 2. The van der Waals surface area contributed by atoms with Crippen molar-refractivity contribution in [3.63, 3.8) is 0 Å². The van der Waals surface area contributed by atoms with Gasteiger partial charge in [0, 0.05) is 11.7 Å². The molecule has 1 aromatic heterocycles. The number of rotatable bonds is 8. The van der Waals surface area contributed by atoms with Crippen molar-refractivity contribution in [1.82, 2.24) is 9.69 Å². The molecule has 188 valence electrons. The van der Waals surface area contributed by atoms with Gasteiger partial charge >= 0.3 is 0 Å². The fourth-order valence-electron chi connectivity index (χ4n) is 4.34. The highest BCUT2D eigenvalue weighted by Crippen LogP contribution is 2.36. The lowest BCUT2D eigenvalue weighted by atomic mass is 10.0. The van der Waals surface area contributed by atoms with Crippen molar-refractivity contribution in [2.45, 2.75) is 37.8 Å². The molecule has 1 saturated carbocycles. The first kappa shape index (κ1) is 25.0. The molecule has 1 heterocycles. The third-order valence-electron chi connectivity index (χ3n) is 6.14. The van der Waals surface area contributed by atoms with Crippen LogP contribution in [0.25, 0.3) is 0 Å². The number of aromatic nitrogens is 1. The Balaban J connectivity index is 1.86. The maximum atomic E-state index is 14.0. The quantitative estimate of drug-likeness (QED) is 0.363. The lowest BCUT2D eigenvalue weighted by Gasteiger charge is -2.32. The molecule has 1 aliphatic rings. The van der Waals surface area contributed by atoms with Crippen molar-refractivity contribution in [3.05, 3.63) is 64.7 Å². The third kappa shape index (κ3) is 4.96. The molecule has 0 radical (unpaired) electrons. The Hall–Kier alpha value is -4.12. The fourth-order valence-corrected chi connectivity index (χ4v) is 5.09. The van der Waals surface area contributed by atoms with Gasteiger partial charge in [-0.05, 0) is 54.2 Å². The molecule has 0 bridgehead atoms. The summed E-state index contributed by atoms with van der Waals surface area (Å²) in [6.45, 7) is 0. The Morgan fingerprint density at radius 3 is 2.47 bits per heavy atom. The molecule has 3 amide bonds. The topological polar surface area (TPSA) is 161 Å². The molecular formula is C25H27N5O5S. The highest BCUT2D eigenvalue weighted by Gasteiger charge is 2.37. The number of nitrogen functional groups attached to an aromatic ring is 1. The Bertz CT molecular complexity index is 1270. The largest absolute Gasteiger partial charge is 0.504 e. The summed E-state index contributed by atoms with van der Waals surface area (Å²) in [6.07, 6.45) is 3.72. The Kier molecular flexibility index (Phi) is 7.39. The number of methoxy groups -OCH3 is 1. The molecule has 36 heavy (non-hydrogen) atoms. The molecule has 6 N–H and O–H groups in total. The fraction of sp³-hybridized carbons (Fsp3) is 0.280. The van der Waals surface area contributed by atoms with Crippen LogP contribution in [-0.2, 0) is 4.79 Å². The number of anilines is 2. The predicted molar refractivity (Wildman–Crippen MR) is 136 cm³/mol. The molecule has 1 atom stereocenters. The Labute approximate surface area is 212 Å².